The zero-order chi connectivity index (χ0) is 21.8. The van der Waals surface area contributed by atoms with Crippen LogP contribution in [-0.4, -0.2) is 51.0 Å². The van der Waals surface area contributed by atoms with Gasteiger partial charge in [0.25, 0.3) is 0 Å². The minimum absolute atomic E-state index is 0.0182. The molecule has 1 fully saturated rings. The number of halogens is 3. The van der Waals surface area contributed by atoms with E-state index in [0.717, 1.165) is 56.0 Å². The first kappa shape index (κ1) is 22.1. The highest BCUT2D eigenvalue weighted by Crippen LogP contribution is 2.24. The van der Waals surface area contributed by atoms with Crippen molar-refractivity contribution < 1.29 is 31.1 Å². The van der Waals surface area contributed by atoms with Crippen LogP contribution in [0.25, 0.3) is 0 Å². The maximum Gasteiger partial charge on any atom is 0.573 e. The van der Waals surface area contributed by atoms with Crippen molar-refractivity contribution in [3.8, 4) is 11.6 Å². The van der Waals surface area contributed by atoms with E-state index in [1.165, 1.54) is 0 Å². The molecule has 1 aliphatic rings. The van der Waals surface area contributed by atoms with E-state index < -0.39 is 22.1 Å². The highest BCUT2D eigenvalue weighted by atomic mass is 32.2. The van der Waals surface area contributed by atoms with E-state index in [9.17, 15) is 21.6 Å². The van der Waals surface area contributed by atoms with Gasteiger partial charge in [-0.15, -0.1) is 13.2 Å². The second kappa shape index (κ2) is 9.04. The Hall–Kier alpha value is -2.60. The lowest BCUT2D eigenvalue weighted by Gasteiger charge is -2.17. The van der Waals surface area contributed by atoms with Crippen LogP contribution in [0, 0.1) is 6.92 Å². The Morgan fingerprint density at radius 3 is 2.43 bits per heavy atom. The van der Waals surface area contributed by atoms with Crippen LogP contribution in [0.4, 0.5) is 19.0 Å². The minimum Gasteiger partial charge on any atom is -0.476 e. The van der Waals surface area contributed by atoms with Gasteiger partial charge in [-0.1, -0.05) is 0 Å². The molecule has 0 unspecified atom stereocenters. The molecule has 1 aromatic carbocycles. The molecule has 8 nitrogen and oxygen atoms in total. The molecule has 0 spiro atoms. The summed E-state index contributed by atoms with van der Waals surface area (Å²) < 4.78 is 72.7. The van der Waals surface area contributed by atoms with Gasteiger partial charge in [0, 0.05) is 25.7 Å². The second-order valence-electron chi connectivity index (χ2n) is 6.57. The largest absolute Gasteiger partial charge is 0.573 e. The van der Waals surface area contributed by atoms with E-state index >= 15 is 0 Å². The van der Waals surface area contributed by atoms with Gasteiger partial charge in [-0.3, -0.25) is 0 Å². The molecule has 2 aromatic rings. The summed E-state index contributed by atoms with van der Waals surface area (Å²) in [6.07, 6.45) is -2.64. The SMILES string of the molecule is Cc1nc(OCCNS(=O)(=O)c2ccc(OC(F)(F)F)cc2)cc(N2CCCC2)n1. The first-order valence-electron chi connectivity index (χ1n) is 9.21. The molecule has 0 bridgehead atoms. The monoisotopic (exact) mass is 446 g/mol. The van der Waals surface area contributed by atoms with Crippen molar-refractivity contribution >= 4 is 15.8 Å². The Morgan fingerprint density at radius 1 is 1.13 bits per heavy atom. The molecule has 2 heterocycles. The third-order valence-corrected chi connectivity index (χ3v) is 5.72. The number of sulfonamides is 1. The Balaban J connectivity index is 1.53. The Bertz CT molecular complexity index is 962. The topological polar surface area (TPSA) is 93.6 Å². The number of alkyl halides is 3. The molecule has 1 saturated heterocycles. The number of benzene rings is 1. The van der Waals surface area contributed by atoms with Crippen molar-refractivity contribution in [2.75, 3.05) is 31.1 Å². The minimum atomic E-state index is -4.84. The van der Waals surface area contributed by atoms with Crippen LogP contribution in [0.3, 0.4) is 0 Å². The molecule has 1 aromatic heterocycles. The average Bonchev–Trinajstić information content (AvgIpc) is 3.19. The lowest BCUT2D eigenvalue weighted by Crippen LogP contribution is -2.28. The van der Waals surface area contributed by atoms with Crippen molar-refractivity contribution in [2.24, 2.45) is 0 Å². The number of anilines is 1. The summed E-state index contributed by atoms with van der Waals surface area (Å²) >= 11 is 0. The number of rotatable bonds is 8. The van der Waals surface area contributed by atoms with Crippen LogP contribution < -0.4 is 19.1 Å². The molecule has 0 saturated carbocycles. The molecule has 30 heavy (non-hydrogen) atoms. The lowest BCUT2D eigenvalue weighted by atomic mass is 10.3. The molecule has 3 rings (SSSR count). The summed E-state index contributed by atoms with van der Waals surface area (Å²) in [5.41, 5.74) is 0. The van der Waals surface area contributed by atoms with E-state index in [4.69, 9.17) is 4.74 Å². The third-order valence-electron chi connectivity index (χ3n) is 4.24. The Labute approximate surface area is 172 Å². The normalized spacial score (nSPS) is 14.7. The Kier molecular flexibility index (Phi) is 6.66. The van der Waals surface area contributed by atoms with Crippen molar-refractivity contribution in [2.45, 2.75) is 31.0 Å². The van der Waals surface area contributed by atoms with Crippen LogP contribution >= 0.6 is 0 Å². The van der Waals surface area contributed by atoms with Crippen LogP contribution in [0.2, 0.25) is 0 Å². The van der Waals surface area contributed by atoms with Crippen LogP contribution in [0.15, 0.2) is 35.2 Å². The molecular weight excluding hydrogens is 425 g/mol. The number of nitrogens with one attached hydrogen (secondary N) is 1. The van der Waals surface area contributed by atoms with Gasteiger partial charge in [0.15, 0.2) is 0 Å². The van der Waals surface area contributed by atoms with E-state index in [0.29, 0.717) is 11.7 Å². The molecule has 0 amide bonds. The standard InChI is InChI=1S/C18H21F3N4O4S/c1-13-23-16(25-9-2-3-10-25)12-17(24-13)28-11-8-22-30(26,27)15-6-4-14(5-7-15)29-18(19,20)21/h4-7,12,22H,2-3,8-11H2,1H3. The number of aromatic nitrogens is 2. The van der Waals surface area contributed by atoms with Gasteiger partial charge < -0.3 is 14.4 Å². The zero-order valence-electron chi connectivity index (χ0n) is 16.1. The number of ether oxygens (including phenoxy) is 2. The fourth-order valence-corrected chi connectivity index (χ4v) is 3.96. The fourth-order valence-electron chi connectivity index (χ4n) is 2.94. The van der Waals surface area contributed by atoms with Crippen molar-refractivity contribution in [1.29, 1.82) is 0 Å². The number of aryl methyl sites for hydroxylation is 1. The molecule has 12 heteroatoms. The zero-order valence-corrected chi connectivity index (χ0v) is 17.0. The molecule has 1 aliphatic heterocycles. The molecule has 0 aliphatic carbocycles. The predicted octanol–water partition coefficient (Wildman–Crippen LogP) is 2.64. The lowest BCUT2D eigenvalue weighted by molar-refractivity contribution is -0.274. The van der Waals surface area contributed by atoms with Crippen LogP contribution in [0.1, 0.15) is 18.7 Å². The summed E-state index contributed by atoms with van der Waals surface area (Å²) in [5, 5.41) is 0. The third kappa shape index (κ3) is 6.20. The summed E-state index contributed by atoms with van der Waals surface area (Å²) in [6, 6.07) is 5.64. The summed E-state index contributed by atoms with van der Waals surface area (Å²) in [6.45, 7) is 3.56. The fraction of sp³-hybridized carbons (Fsp3) is 0.444. The number of hydrogen-bond donors (Lipinski definition) is 1. The number of nitrogens with zero attached hydrogens (tertiary/aromatic N) is 3. The molecule has 1 N–H and O–H groups in total. The van der Waals surface area contributed by atoms with E-state index in [1.54, 1.807) is 13.0 Å². The molecule has 0 radical (unpaired) electrons. The van der Waals surface area contributed by atoms with Gasteiger partial charge in [0.1, 0.15) is 24.0 Å². The number of hydrogen-bond acceptors (Lipinski definition) is 7. The quantitative estimate of drug-likeness (QED) is 0.623. The van der Waals surface area contributed by atoms with Crippen molar-refractivity contribution in [3.63, 3.8) is 0 Å². The summed E-state index contributed by atoms with van der Waals surface area (Å²) in [5.74, 6) is 1.17. The van der Waals surface area contributed by atoms with Gasteiger partial charge in [-0.2, -0.15) is 4.98 Å². The smallest absolute Gasteiger partial charge is 0.476 e. The first-order chi connectivity index (χ1) is 14.1. The highest BCUT2D eigenvalue weighted by Gasteiger charge is 2.31. The van der Waals surface area contributed by atoms with Crippen LogP contribution in [0.5, 0.6) is 11.6 Å². The first-order valence-corrected chi connectivity index (χ1v) is 10.7. The van der Waals surface area contributed by atoms with Crippen molar-refractivity contribution in [1.82, 2.24) is 14.7 Å². The van der Waals surface area contributed by atoms with Crippen LogP contribution in [-0.2, 0) is 10.0 Å². The van der Waals surface area contributed by atoms with E-state index in [1.807, 2.05) is 0 Å². The molecule has 164 valence electrons. The predicted molar refractivity (Wildman–Crippen MR) is 102 cm³/mol. The van der Waals surface area contributed by atoms with Gasteiger partial charge in [0.05, 0.1) is 4.90 Å². The van der Waals surface area contributed by atoms with Gasteiger partial charge in [-0.05, 0) is 44.0 Å². The average molecular weight is 446 g/mol. The second-order valence-corrected chi connectivity index (χ2v) is 8.34. The molecular formula is C18H21F3N4O4S. The van der Waals surface area contributed by atoms with E-state index in [-0.39, 0.29) is 18.0 Å². The molecule has 0 atom stereocenters. The van der Waals surface area contributed by atoms with Gasteiger partial charge in [0.2, 0.25) is 15.9 Å². The summed E-state index contributed by atoms with van der Waals surface area (Å²) in [7, 11) is -3.91. The Morgan fingerprint density at radius 2 is 1.80 bits per heavy atom. The van der Waals surface area contributed by atoms with E-state index in [2.05, 4.69) is 24.3 Å². The van der Waals surface area contributed by atoms with Gasteiger partial charge >= 0.3 is 6.36 Å². The summed E-state index contributed by atoms with van der Waals surface area (Å²) in [4.78, 5) is 10.5. The maximum atomic E-state index is 12.3. The maximum absolute atomic E-state index is 12.3. The highest BCUT2D eigenvalue weighted by molar-refractivity contribution is 7.89. The van der Waals surface area contributed by atoms with Gasteiger partial charge in [-0.25, -0.2) is 18.1 Å². The van der Waals surface area contributed by atoms with Crippen molar-refractivity contribution in [3.05, 3.63) is 36.2 Å².